The number of hydrogen-bond donors (Lipinski definition) is 2. The number of amides is 2. The molecule has 1 saturated heterocycles. The molecule has 2 rings (SSSR count). The second-order valence-electron chi connectivity index (χ2n) is 8.45. The highest BCUT2D eigenvalue weighted by atomic mass is 32.2. The highest BCUT2D eigenvalue weighted by molar-refractivity contribution is 7.89. The first kappa shape index (κ1) is 23.8. The smallest absolute Gasteiger partial charge is 0.309 e. The third-order valence-corrected chi connectivity index (χ3v) is 5.80. The molecule has 0 saturated carbocycles. The quantitative estimate of drug-likeness (QED) is 0.667. The third kappa shape index (κ3) is 6.27. The summed E-state index contributed by atoms with van der Waals surface area (Å²) in [5.41, 5.74) is -0.115. The number of esters is 1. The van der Waals surface area contributed by atoms with Gasteiger partial charge in [-0.05, 0) is 44.0 Å². The molecule has 0 bridgehead atoms. The van der Waals surface area contributed by atoms with Crippen molar-refractivity contribution in [3.8, 4) is 0 Å². The summed E-state index contributed by atoms with van der Waals surface area (Å²) in [5.74, 6) is -1.31. The number of piperidine rings is 1. The van der Waals surface area contributed by atoms with E-state index in [9.17, 15) is 22.8 Å². The summed E-state index contributed by atoms with van der Waals surface area (Å²) in [6.07, 6.45) is -0.0433. The molecule has 2 amide bonds. The van der Waals surface area contributed by atoms with Gasteiger partial charge in [0.05, 0.1) is 10.8 Å². The van der Waals surface area contributed by atoms with Gasteiger partial charge >= 0.3 is 5.97 Å². The van der Waals surface area contributed by atoms with Crippen LogP contribution in [-0.2, 0) is 29.1 Å². The van der Waals surface area contributed by atoms with Crippen LogP contribution in [0, 0.1) is 11.3 Å². The van der Waals surface area contributed by atoms with Crippen molar-refractivity contribution in [2.24, 2.45) is 16.5 Å². The van der Waals surface area contributed by atoms with E-state index in [4.69, 9.17) is 9.88 Å². The number of hydrogen-bond acceptors (Lipinski definition) is 6. The molecule has 0 aliphatic carbocycles. The fraction of sp³-hybridized carbons (Fsp3) is 0.550. The number of ether oxygens (including phenoxy) is 1. The van der Waals surface area contributed by atoms with Crippen molar-refractivity contribution in [3.63, 3.8) is 0 Å². The molecule has 1 aliphatic rings. The van der Waals surface area contributed by atoms with Gasteiger partial charge in [-0.1, -0.05) is 20.8 Å². The lowest BCUT2D eigenvalue weighted by atomic mass is 9.91. The van der Waals surface area contributed by atoms with E-state index in [1.807, 2.05) is 20.8 Å². The van der Waals surface area contributed by atoms with Crippen LogP contribution in [-0.4, -0.2) is 50.3 Å². The van der Waals surface area contributed by atoms with E-state index >= 15 is 0 Å². The first-order chi connectivity index (χ1) is 13.8. The number of primary sulfonamides is 1. The summed E-state index contributed by atoms with van der Waals surface area (Å²) in [7, 11) is -3.82. The number of sulfonamides is 1. The Balaban J connectivity index is 1.85. The average molecular weight is 440 g/mol. The Morgan fingerprint density at radius 3 is 2.13 bits per heavy atom. The van der Waals surface area contributed by atoms with Gasteiger partial charge in [0.25, 0.3) is 5.91 Å². The monoisotopic (exact) mass is 439 g/mol. The van der Waals surface area contributed by atoms with Crippen LogP contribution in [0.3, 0.4) is 0 Å². The number of nitrogens with one attached hydrogen (secondary N) is 1. The van der Waals surface area contributed by atoms with Crippen LogP contribution in [0.4, 0.5) is 5.69 Å². The molecule has 1 aromatic carbocycles. The van der Waals surface area contributed by atoms with Crippen LogP contribution in [0.5, 0.6) is 0 Å². The maximum Gasteiger partial charge on any atom is 0.309 e. The number of nitrogens with zero attached hydrogens (tertiary/aromatic N) is 1. The number of likely N-dealkylation sites (tertiary alicyclic amines) is 1. The van der Waals surface area contributed by atoms with Gasteiger partial charge in [0.1, 0.15) is 0 Å². The number of carbonyl (C=O) groups is 3. The zero-order chi connectivity index (χ0) is 22.7. The first-order valence-electron chi connectivity index (χ1n) is 9.72. The van der Waals surface area contributed by atoms with Crippen molar-refractivity contribution in [3.05, 3.63) is 24.3 Å². The topological polar surface area (TPSA) is 136 Å². The van der Waals surface area contributed by atoms with Crippen LogP contribution in [0.2, 0.25) is 0 Å². The highest BCUT2D eigenvalue weighted by Gasteiger charge is 2.34. The van der Waals surface area contributed by atoms with E-state index < -0.39 is 33.4 Å². The molecule has 3 N–H and O–H groups in total. The Kier molecular flexibility index (Phi) is 7.25. The summed E-state index contributed by atoms with van der Waals surface area (Å²) in [6.45, 7) is 8.00. The summed E-state index contributed by atoms with van der Waals surface area (Å²) in [5, 5.41) is 7.60. The van der Waals surface area contributed by atoms with Crippen molar-refractivity contribution in [1.29, 1.82) is 0 Å². The van der Waals surface area contributed by atoms with Crippen molar-refractivity contribution in [2.75, 3.05) is 18.4 Å². The van der Waals surface area contributed by atoms with E-state index in [-0.39, 0.29) is 16.7 Å². The van der Waals surface area contributed by atoms with Gasteiger partial charge in [0, 0.05) is 24.2 Å². The second kappa shape index (κ2) is 9.13. The van der Waals surface area contributed by atoms with E-state index in [1.165, 1.54) is 31.2 Å². The van der Waals surface area contributed by atoms with Gasteiger partial charge in [-0.2, -0.15) is 0 Å². The number of carbonyl (C=O) groups excluding carboxylic acids is 3. The predicted molar refractivity (Wildman–Crippen MR) is 111 cm³/mol. The van der Waals surface area contributed by atoms with E-state index in [0.717, 1.165) is 0 Å². The minimum absolute atomic E-state index is 0.0514. The standard InChI is InChI=1S/C20H29N3O6S/c1-13(17(24)22-15-5-7-16(8-6-15)30(21,27)28)29-18(25)14-9-11-23(12-10-14)19(26)20(2,3)4/h5-8,13-14H,9-12H2,1-4H3,(H,22,24)(H2,21,27,28)/t13-/m1/s1. The zero-order valence-electron chi connectivity index (χ0n) is 17.7. The van der Waals surface area contributed by atoms with Gasteiger partial charge in [-0.25, -0.2) is 13.6 Å². The van der Waals surface area contributed by atoms with Gasteiger partial charge in [-0.15, -0.1) is 0 Å². The SMILES string of the molecule is C[C@@H](OC(=O)C1CCN(C(=O)C(C)(C)C)CC1)C(=O)Nc1ccc(S(N)(=O)=O)cc1. The van der Waals surface area contributed by atoms with Crippen LogP contribution < -0.4 is 10.5 Å². The van der Waals surface area contributed by atoms with E-state index in [1.54, 1.807) is 4.90 Å². The largest absolute Gasteiger partial charge is 0.452 e. The molecule has 10 heteroatoms. The minimum atomic E-state index is -3.82. The van der Waals surface area contributed by atoms with Gasteiger partial charge in [0.15, 0.2) is 6.10 Å². The number of nitrogens with two attached hydrogens (primary N) is 1. The molecule has 1 atom stereocenters. The molecular formula is C20H29N3O6S. The molecule has 0 radical (unpaired) electrons. The Morgan fingerprint density at radius 1 is 1.13 bits per heavy atom. The van der Waals surface area contributed by atoms with Crippen LogP contribution in [0.25, 0.3) is 0 Å². The minimum Gasteiger partial charge on any atom is -0.452 e. The maximum absolute atomic E-state index is 12.4. The first-order valence-corrected chi connectivity index (χ1v) is 11.3. The Morgan fingerprint density at radius 2 is 1.67 bits per heavy atom. The summed E-state index contributed by atoms with van der Waals surface area (Å²) in [6, 6.07) is 5.34. The van der Waals surface area contributed by atoms with Crippen molar-refractivity contribution in [1.82, 2.24) is 4.90 Å². The fourth-order valence-corrected chi connectivity index (χ4v) is 3.60. The van der Waals surface area contributed by atoms with E-state index in [0.29, 0.717) is 31.6 Å². The number of anilines is 1. The molecule has 30 heavy (non-hydrogen) atoms. The Labute approximate surface area is 177 Å². The van der Waals surface area contributed by atoms with Gasteiger partial charge in [0.2, 0.25) is 15.9 Å². The Bertz CT molecular complexity index is 897. The highest BCUT2D eigenvalue weighted by Crippen LogP contribution is 2.24. The molecular weight excluding hydrogens is 410 g/mol. The normalized spacial score (nSPS) is 16.6. The molecule has 9 nitrogen and oxygen atoms in total. The molecule has 1 heterocycles. The van der Waals surface area contributed by atoms with Gasteiger partial charge < -0.3 is 15.0 Å². The van der Waals surface area contributed by atoms with Crippen LogP contribution in [0.1, 0.15) is 40.5 Å². The number of rotatable bonds is 5. The van der Waals surface area contributed by atoms with Crippen molar-refractivity contribution in [2.45, 2.75) is 51.5 Å². The average Bonchev–Trinajstić information content (AvgIpc) is 2.66. The maximum atomic E-state index is 12.4. The summed E-state index contributed by atoms with van der Waals surface area (Å²) >= 11 is 0. The lowest BCUT2D eigenvalue weighted by molar-refractivity contribution is -0.160. The lowest BCUT2D eigenvalue weighted by Crippen LogP contribution is -2.45. The molecule has 0 spiro atoms. The second-order valence-corrected chi connectivity index (χ2v) is 10.0. The lowest BCUT2D eigenvalue weighted by Gasteiger charge is -2.35. The summed E-state index contributed by atoms with van der Waals surface area (Å²) in [4.78, 5) is 38.7. The molecule has 1 aliphatic heterocycles. The van der Waals surface area contributed by atoms with E-state index in [2.05, 4.69) is 5.32 Å². The molecule has 166 valence electrons. The van der Waals surface area contributed by atoms with Crippen LogP contribution >= 0.6 is 0 Å². The Hall–Kier alpha value is -2.46. The van der Waals surface area contributed by atoms with Gasteiger partial charge in [-0.3, -0.25) is 14.4 Å². The molecule has 0 aromatic heterocycles. The zero-order valence-corrected chi connectivity index (χ0v) is 18.5. The fourth-order valence-electron chi connectivity index (χ4n) is 3.09. The summed E-state index contributed by atoms with van der Waals surface area (Å²) < 4.78 is 27.8. The third-order valence-electron chi connectivity index (χ3n) is 4.87. The molecule has 1 aromatic rings. The molecule has 1 fully saturated rings. The predicted octanol–water partition coefficient (Wildman–Crippen LogP) is 1.49. The van der Waals surface area contributed by atoms with Crippen molar-refractivity contribution >= 4 is 33.5 Å². The number of benzene rings is 1. The van der Waals surface area contributed by atoms with Crippen LogP contribution in [0.15, 0.2) is 29.2 Å². The van der Waals surface area contributed by atoms with Crippen molar-refractivity contribution < 1.29 is 27.5 Å². The molecule has 0 unspecified atom stereocenters.